The Kier molecular flexibility index (Phi) is 26.2. The molecule has 0 saturated carbocycles. The second-order valence-electron chi connectivity index (χ2n) is 16.8. The van der Waals surface area contributed by atoms with Gasteiger partial charge in [-0.3, -0.25) is 4.57 Å². The van der Waals surface area contributed by atoms with Crippen LogP contribution < -0.4 is 120 Å². The van der Waals surface area contributed by atoms with Crippen LogP contribution in [-0.2, 0) is 79.5 Å². The van der Waals surface area contributed by atoms with E-state index in [9.17, 15) is 31.0 Å². The maximum absolute atomic E-state index is 13.2. The van der Waals surface area contributed by atoms with Crippen LogP contribution in [-0.4, -0.2) is 101 Å². The van der Waals surface area contributed by atoms with Gasteiger partial charge in [0.05, 0.1) is 58.8 Å². The van der Waals surface area contributed by atoms with Crippen LogP contribution >= 0.6 is 0 Å². The predicted molar refractivity (Wildman–Crippen MR) is 240 cm³/mol. The Morgan fingerprint density at radius 2 is 1.11 bits per heavy atom. The number of aryl methyl sites for hydroxylation is 3. The molecule has 2 aromatic carbocycles. The summed E-state index contributed by atoms with van der Waals surface area (Å²) in [6.45, 7) is 15.0. The minimum Gasteiger partial charge on any atom is -0.844 e. The van der Waals surface area contributed by atoms with Gasteiger partial charge < -0.3 is 37.2 Å². The largest absolute Gasteiger partial charge is 1.00 e. The first-order valence-corrected chi connectivity index (χ1v) is 24.9. The Bertz CT molecular complexity index is 3740. The molecule has 0 bridgehead atoms. The number of nitrogens with zero attached hydrogens (tertiary/aromatic N) is 15. The molecular weight excluding hydrogens is 1050 g/mol. The monoisotopic (exact) mass is 1100 g/mol. The standard InChI is InChI=1S/C37H43N17O7S2.5Li.2O3S/c1-10-51-23-14-12-11-13-21(23)49(8)34(51)45-43-25-27(36(2,3)4)47-53(29(25)38)31-40-32(42-33(55)41-31)54-30(39)26(28(48-54)37(5,6)7)44-46-35-50(9)22-16-15-20(63(59,60)61)19-24(22)52(35)17-18-62(56,57)58;;;;;;2*1-4(2)3/h11,13-16,19,38-39H,1,10,17-18H2,2-9H3,(H3,40,41,42,55,56,57,58,59,60,61);;;;;;;/q-2;5*+1;;/p-1. The van der Waals surface area contributed by atoms with Crippen molar-refractivity contribution in [3.8, 4) is 17.9 Å². The van der Waals surface area contributed by atoms with E-state index >= 15 is 0 Å². The Hall–Kier alpha value is -4.54. The number of rotatable bonds is 11. The summed E-state index contributed by atoms with van der Waals surface area (Å²) >= 11 is 0. The third-order valence-electron chi connectivity index (χ3n) is 9.89. The first-order valence-electron chi connectivity index (χ1n) is 19.9. The normalized spacial score (nSPS) is 11.6. The van der Waals surface area contributed by atoms with Crippen LogP contribution in [0.15, 0.2) is 61.8 Å². The number of nitrogens with two attached hydrogens (primary N) is 2. The number of benzene rings is 2. The molecular formula is C37H42Li5N17O13S4+2. The number of azo groups is 2. The second kappa shape index (κ2) is 27.9. The molecule has 380 valence electrons. The molecule has 0 aliphatic carbocycles. The van der Waals surface area contributed by atoms with Crippen molar-refractivity contribution < 1.29 is 160 Å². The maximum atomic E-state index is 13.2. The number of anilines is 2. The van der Waals surface area contributed by atoms with Gasteiger partial charge in [-0.25, -0.2) is 35.9 Å². The van der Waals surface area contributed by atoms with Gasteiger partial charge in [-0.05, 0) is 18.2 Å². The van der Waals surface area contributed by atoms with Gasteiger partial charge in [0.25, 0.3) is 11.9 Å². The summed E-state index contributed by atoms with van der Waals surface area (Å²) in [6.07, 6.45) is 0. The fourth-order valence-electron chi connectivity index (χ4n) is 6.82. The summed E-state index contributed by atoms with van der Waals surface area (Å²) in [5.41, 5.74) is 14.9. The fourth-order valence-corrected chi connectivity index (χ4v) is 7.72. The van der Waals surface area contributed by atoms with E-state index in [0.717, 1.165) is 32.5 Å². The van der Waals surface area contributed by atoms with Gasteiger partial charge in [0.2, 0.25) is 0 Å². The summed E-state index contributed by atoms with van der Waals surface area (Å²) in [5, 5.41) is 40.4. The first-order chi connectivity index (χ1) is 32.8. The third kappa shape index (κ3) is 16.7. The Balaban J connectivity index is 0.00000404. The average Bonchev–Trinajstić information content (AvgIpc) is 3.93. The van der Waals surface area contributed by atoms with Crippen molar-refractivity contribution in [2.45, 2.75) is 70.4 Å². The van der Waals surface area contributed by atoms with Gasteiger partial charge >= 0.3 is 127 Å². The molecule has 7 aromatic rings. The molecule has 30 nitrogen and oxygen atoms in total. The second-order valence-corrected chi connectivity index (χ2v) is 20.5. The van der Waals surface area contributed by atoms with Crippen LogP contribution in [0.25, 0.3) is 34.0 Å². The Morgan fingerprint density at radius 3 is 1.50 bits per heavy atom. The molecule has 76 heavy (non-hydrogen) atoms. The van der Waals surface area contributed by atoms with Crippen LogP contribution in [0.4, 0.5) is 34.9 Å². The zero-order chi connectivity index (χ0) is 53.3. The van der Waals surface area contributed by atoms with Gasteiger partial charge in [-0.2, -0.15) is 36.7 Å². The van der Waals surface area contributed by atoms with Crippen molar-refractivity contribution in [1.82, 2.24) is 43.6 Å². The molecule has 5 heterocycles. The zero-order valence-corrected chi connectivity index (χ0v) is 46.9. The minimum atomic E-state index is -4.92. The van der Waals surface area contributed by atoms with E-state index in [2.05, 4.69) is 58.6 Å². The summed E-state index contributed by atoms with van der Waals surface area (Å²) in [6, 6.07) is 11.1. The van der Waals surface area contributed by atoms with E-state index in [1.807, 2.05) is 49.1 Å². The summed E-state index contributed by atoms with van der Waals surface area (Å²) in [5.74, 6) is -1.33. The smallest absolute Gasteiger partial charge is 0.844 e. The van der Waals surface area contributed by atoms with E-state index in [4.69, 9.17) is 36.7 Å². The van der Waals surface area contributed by atoms with Crippen LogP contribution in [0.3, 0.4) is 0 Å². The van der Waals surface area contributed by atoms with Crippen molar-refractivity contribution in [1.29, 1.82) is 0 Å². The molecule has 39 heteroatoms. The molecule has 5 aromatic heterocycles. The molecule has 0 spiro atoms. The van der Waals surface area contributed by atoms with Crippen molar-refractivity contribution in [3.05, 3.63) is 60.8 Å². The molecule has 0 atom stereocenters. The van der Waals surface area contributed by atoms with Gasteiger partial charge in [0, 0.05) is 32.1 Å². The predicted octanol–water partition coefficient (Wildman–Crippen LogP) is -14.4. The van der Waals surface area contributed by atoms with Crippen LogP contribution in [0.2, 0.25) is 0 Å². The Labute approximate surface area is 498 Å². The van der Waals surface area contributed by atoms with Crippen LogP contribution in [0, 0.1) is 13.0 Å². The van der Waals surface area contributed by atoms with Crippen molar-refractivity contribution in [2.24, 2.45) is 34.6 Å². The minimum absolute atomic E-state index is 0. The number of nitrogen functional groups attached to an aromatic ring is 2. The van der Waals surface area contributed by atoms with E-state index in [-0.39, 0.29) is 146 Å². The summed E-state index contributed by atoms with van der Waals surface area (Å²) in [7, 11) is -12.5. The molecule has 0 amide bonds. The SMILES string of the molecule is O=S(=O)=O.O=S(=O)=O.[CH2-]Cn1c(N=Nc2c(C(C)(C)C)nn(-c3nc([O-])nc(-n4nc(C(C)(C)C)c(N=Nc5n(CCS(=O)(=O)[O-])c6cc(S(=O)(=O)[O-])ccc6[n+]5C)c4N)n3)c2N)[n+](C)c2cc[c-]cc21.[Li+].[Li+].[Li+].[Li+].[Li+]. The third-order valence-corrected chi connectivity index (χ3v) is 11.4. The van der Waals surface area contributed by atoms with E-state index < -0.39 is 75.5 Å². The molecule has 0 saturated heterocycles. The van der Waals surface area contributed by atoms with Crippen LogP contribution in [0.5, 0.6) is 6.01 Å². The van der Waals surface area contributed by atoms with Gasteiger partial charge in [0.15, 0.2) is 23.0 Å². The first kappa shape index (κ1) is 71.5. The fraction of sp³-hybridized carbons (Fsp3) is 0.351. The zero-order valence-electron chi connectivity index (χ0n) is 43.6. The molecule has 0 aliphatic heterocycles. The number of hydrogen-bond acceptors (Lipinski definition) is 24. The van der Waals surface area contributed by atoms with Crippen molar-refractivity contribution in [3.63, 3.8) is 0 Å². The van der Waals surface area contributed by atoms with Gasteiger partial charge in [0.1, 0.15) is 21.2 Å². The quantitative estimate of drug-likeness (QED) is 0.0399. The van der Waals surface area contributed by atoms with Gasteiger partial charge in [-0.15, -0.1) is 37.4 Å². The number of imidazole rings is 2. The maximum Gasteiger partial charge on any atom is 1.00 e. The topological polar surface area (TPSA) is 433 Å². The number of aromatic nitrogens is 11. The molecule has 7 rings (SSSR count). The molecule has 4 N–H and O–H groups in total. The Morgan fingerprint density at radius 1 is 0.684 bits per heavy atom. The average molecular weight is 1100 g/mol. The molecule has 0 unspecified atom stereocenters. The molecule has 0 radical (unpaired) electrons. The van der Waals surface area contributed by atoms with E-state index in [1.165, 1.54) is 22.2 Å². The number of hydrogen-bond donors (Lipinski definition) is 2. The number of fused-ring (bicyclic) bond motifs is 2. The summed E-state index contributed by atoms with van der Waals surface area (Å²) < 4.78 is 130. The van der Waals surface area contributed by atoms with Crippen LogP contribution in [0.1, 0.15) is 52.9 Å². The van der Waals surface area contributed by atoms with Crippen molar-refractivity contribution >= 4 is 98.4 Å². The van der Waals surface area contributed by atoms with E-state index in [0.29, 0.717) is 23.7 Å². The molecule has 0 aliphatic rings. The van der Waals surface area contributed by atoms with E-state index in [1.54, 1.807) is 26.8 Å². The summed E-state index contributed by atoms with van der Waals surface area (Å²) in [4.78, 5) is 11.9. The molecule has 0 fully saturated rings. The van der Waals surface area contributed by atoms with Gasteiger partial charge in [-0.1, -0.05) is 58.3 Å². The van der Waals surface area contributed by atoms with Crippen molar-refractivity contribution in [2.75, 3.05) is 17.2 Å².